The van der Waals surface area contributed by atoms with Crippen molar-refractivity contribution in [1.82, 2.24) is 18.9 Å². The van der Waals surface area contributed by atoms with Crippen LogP contribution in [0.15, 0.2) is 46.1 Å². The second kappa shape index (κ2) is 10.5. The van der Waals surface area contributed by atoms with E-state index < -0.39 is 53.7 Å². The molecule has 212 valence electrons. The molecule has 1 N–H and O–H groups in total. The summed E-state index contributed by atoms with van der Waals surface area (Å²) in [5.74, 6) is -0.557. The number of nitrogens with zero attached hydrogens (tertiary/aromatic N) is 4. The van der Waals surface area contributed by atoms with E-state index >= 15 is 0 Å². The fraction of sp³-hybridized carbons (Fsp3) is 0.593. The summed E-state index contributed by atoms with van der Waals surface area (Å²) in [7, 11) is 5.07. The molecule has 0 radical (unpaired) electrons. The number of benzene rings is 1. The fourth-order valence-electron chi connectivity index (χ4n) is 5.70. The van der Waals surface area contributed by atoms with Crippen molar-refractivity contribution >= 4 is 5.91 Å². The van der Waals surface area contributed by atoms with Crippen LogP contribution in [-0.2, 0) is 25.5 Å². The predicted molar refractivity (Wildman–Crippen MR) is 139 cm³/mol. The smallest absolute Gasteiger partial charge is 0.333 e. The zero-order valence-corrected chi connectivity index (χ0v) is 22.9. The molecule has 0 aliphatic carbocycles. The van der Waals surface area contributed by atoms with Crippen molar-refractivity contribution in [2.45, 2.75) is 69.3 Å². The van der Waals surface area contributed by atoms with Crippen LogP contribution in [0.3, 0.4) is 0 Å². The maximum absolute atomic E-state index is 13.6. The highest BCUT2D eigenvalue weighted by molar-refractivity contribution is 5.82. The molecule has 1 aromatic heterocycles. The van der Waals surface area contributed by atoms with E-state index in [2.05, 4.69) is 0 Å². The van der Waals surface area contributed by atoms with Crippen molar-refractivity contribution in [3.8, 4) is 5.75 Å². The molecule has 3 aliphatic rings. The van der Waals surface area contributed by atoms with E-state index in [-0.39, 0.29) is 12.5 Å². The highest BCUT2D eigenvalue weighted by atomic mass is 16.8. The third kappa shape index (κ3) is 5.14. The zero-order valence-electron chi connectivity index (χ0n) is 22.9. The van der Waals surface area contributed by atoms with E-state index in [9.17, 15) is 19.5 Å². The second-order valence-electron chi connectivity index (χ2n) is 10.9. The lowest BCUT2D eigenvalue weighted by Gasteiger charge is -2.34. The highest BCUT2D eigenvalue weighted by Gasteiger charge is 2.59. The molecule has 6 atom stereocenters. The van der Waals surface area contributed by atoms with E-state index in [1.165, 1.54) is 16.8 Å². The van der Waals surface area contributed by atoms with Crippen molar-refractivity contribution in [2.75, 3.05) is 34.3 Å². The molecular formula is C27H36N4O8. The van der Waals surface area contributed by atoms with Gasteiger partial charge in [-0.15, -0.1) is 0 Å². The molecule has 0 unspecified atom stereocenters. The van der Waals surface area contributed by atoms with Gasteiger partial charge in [-0.2, -0.15) is 0 Å². The molecule has 3 fully saturated rings. The first-order valence-corrected chi connectivity index (χ1v) is 13.1. The van der Waals surface area contributed by atoms with Crippen LogP contribution >= 0.6 is 0 Å². The first kappa shape index (κ1) is 27.5. The van der Waals surface area contributed by atoms with Crippen molar-refractivity contribution < 1.29 is 28.8 Å². The lowest BCUT2D eigenvalue weighted by molar-refractivity contribution is -0.211. The predicted octanol–water partition coefficient (Wildman–Crippen LogP) is 0.00780. The number of carbonyl (C=O) groups excluding carboxylic acids is 1. The average molecular weight is 545 g/mol. The number of hydrogen-bond acceptors (Lipinski definition) is 9. The Bertz CT molecular complexity index is 1320. The van der Waals surface area contributed by atoms with Crippen LogP contribution in [0, 0.1) is 0 Å². The van der Waals surface area contributed by atoms with Gasteiger partial charge in [0, 0.05) is 32.4 Å². The minimum Gasteiger partial charge on any atom is -0.497 e. The first-order valence-electron chi connectivity index (χ1n) is 13.1. The number of methoxy groups -OCH3 is 1. The molecule has 2 aromatic rings. The Morgan fingerprint density at radius 3 is 2.44 bits per heavy atom. The topological polar surface area (TPSA) is 125 Å². The van der Waals surface area contributed by atoms with Crippen LogP contribution in [0.4, 0.5) is 0 Å². The number of aliphatic hydroxyl groups is 1. The Morgan fingerprint density at radius 1 is 1.05 bits per heavy atom. The maximum atomic E-state index is 13.6. The minimum absolute atomic E-state index is 0.0475. The van der Waals surface area contributed by atoms with E-state index in [0.29, 0.717) is 18.8 Å². The number of hydrogen-bond donors (Lipinski definition) is 1. The van der Waals surface area contributed by atoms with Gasteiger partial charge in [0.2, 0.25) is 5.91 Å². The SMILES string of the molecule is COc1ccc(Cn2c(=O)ccn([C@@H]3O[C@H]([C@H](O)[C@H]4C(=O)N(C)CCCN4C)[C@H]4OC(C)(C)O[C@H]43)c2=O)cc1. The van der Waals surface area contributed by atoms with E-state index in [1.54, 1.807) is 64.2 Å². The maximum Gasteiger partial charge on any atom is 0.333 e. The number of ether oxygens (including phenoxy) is 4. The summed E-state index contributed by atoms with van der Waals surface area (Å²) in [4.78, 5) is 42.9. The van der Waals surface area contributed by atoms with Gasteiger partial charge in [0.05, 0.1) is 13.7 Å². The van der Waals surface area contributed by atoms with Crippen molar-refractivity contribution in [1.29, 1.82) is 0 Å². The molecule has 0 spiro atoms. The Balaban J connectivity index is 1.48. The van der Waals surface area contributed by atoms with Crippen LogP contribution in [0.1, 0.15) is 32.1 Å². The summed E-state index contributed by atoms with van der Waals surface area (Å²) in [6.45, 7) is 4.75. The molecule has 0 bridgehead atoms. The number of aliphatic hydroxyl groups excluding tert-OH is 1. The standard InChI is InChI=1S/C27H36N4O8/c1-27(2)38-22-21(20(33)19-24(34)29(4)13-6-12-28(19)3)37-25(23(22)39-27)30-14-11-18(32)31(26(30)35)15-16-7-9-17(36-5)10-8-16/h7-11,14,19-23,25,33H,6,12-13,15H2,1-5H3/t19-,20+,21+,22+,23+,25+/m0/s1. The summed E-state index contributed by atoms with van der Waals surface area (Å²) in [6, 6.07) is 7.52. The quantitative estimate of drug-likeness (QED) is 0.535. The molecule has 3 saturated heterocycles. The van der Waals surface area contributed by atoms with E-state index in [4.69, 9.17) is 18.9 Å². The number of rotatable bonds is 6. The third-order valence-corrected chi connectivity index (χ3v) is 7.70. The number of aromatic nitrogens is 2. The van der Waals surface area contributed by atoms with Gasteiger partial charge in [0.15, 0.2) is 12.0 Å². The minimum atomic E-state index is -1.25. The summed E-state index contributed by atoms with van der Waals surface area (Å²) in [5.41, 5.74) is -0.310. The fourth-order valence-corrected chi connectivity index (χ4v) is 5.70. The molecule has 12 heteroatoms. The van der Waals surface area contributed by atoms with Gasteiger partial charge in [-0.3, -0.25) is 23.6 Å². The lowest BCUT2D eigenvalue weighted by atomic mass is 9.98. The molecular weight excluding hydrogens is 508 g/mol. The molecule has 4 heterocycles. The lowest BCUT2D eigenvalue weighted by Crippen LogP contribution is -2.56. The van der Waals surface area contributed by atoms with E-state index in [1.807, 2.05) is 4.90 Å². The molecule has 5 rings (SSSR count). The summed E-state index contributed by atoms with van der Waals surface area (Å²) >= 11 is 0. The van der Waals surface area contributed by atoms with Gasteiger partial charge in [-0.05, 0) is 45.0 Å². The Hall–Kier alpha value is -3.03. The average Bonchev–Trinajstić information content (AvgIpc) is 3.35. The molecule has 1 aromatic carbocycles. The van der Waals surface area contributed by atoms with Crippen molar-refractivity contribution in [3.63, 3.8) is 0 Å². The van der Waals surface area contributed by atoms with Gasteiger partial charge in [0.1, 0.15) is 36.2 Å². The third-order valence-electron chi connectivity index (χ3n) is 7.70. The Morgan fingerprint density at radius 2 is 1.74 bits per heavy atom. The second-order valence-corrected chi connectivity index (χ2v) is 10.9. The van der Waals surface area contributed by atoms with Crippen molar-refractivity contribution in [2.24, 2.45) is 0 Å². The van der Waals surface area contributed by atoms with Crippen LogP contribution in [0.5, 0.6) is 5.75 Å². The normalized spacial score (nSPS) is 29.7. The van der Waals surface area contributed by atoms with Crippen molar-refractivity contribution in [3.05, 3.63) is 62.9 Å². The zero-order chi connectivity index (χ0) is 28.1. The molecule has 3 aliphatic heterocycles. The summed E-state index contributed by atoms with van der Waals surface area (Å²) in [6.07, 6.45) is -2.55. The first-order chi connectivity index (χ1) is 18.5. The Labute approximate surface area is 226 Å². The summed E-state index contributed by atoms with van der Waals surface area (Å²) < 4.78 is 26.2. The monoisotopic (exact) mass is 544 g/mol. The number of fused-ring (bicyclic) bond motifs is 1. The molecule has 39 heavy (non-hydrogen) atoms. The summed E-state index contributed by atoms with van der Waals surface area (Å²) in [5, 5.41) is 11.5. The van der Waals surface area contributed by atoms with Crippen LogP contribution in [0.2, 0.25) is 0 Å². The van der Waals surface area contributed by atoms with Gasteiger partial charge >= 0.3 is 5.69 Å². The van der Waals surface area contributed by atoms with Crippen LogP contribution in [-0.4, -0.2) is 100 Å². The van der Waals surface area contributed by atoms with Gasteiger partial charge in [-0.1, -0.05) is 12.1 Å². The highest BCUT2D eigenvalue weighted by Crippen LogP contribution is 2.44. The largest absolute Gasteiger partial charge is 0.497 e. The Kier molecular flexibility index (Phi) is 7.42. The molecule has 12 nitrogen and oxygen atoms in total. The number of amides is 1. The van der Waals surface area contributed by atoms with Gasteiger partial charge < -0.3 is 29.0 Å². The van der Waals surface area contributed by atoms with E-state index in [0.717, 1.165) is 16.6 Å². The molecule has 1 amide bonds. The van der Waals surface area contributed by atoms with Crippen LogP contribution < -0.4 is 16.0 Å². The number of carbonyl (C=O) groups is 1. The van der Waals surface area contributed by atoms with Gasteiger partial charge in [-0.25, -0.2) is 4.79 Å². The molecule has 0 saturated carbocycles. The van der Waals surface area contributed by atoms with Crippen LogP contribution in [0.25, 0.3) is 0 Å². The van der Waals surface area contributed by atoms with Gasteiger partial charge in [0.25, 0.3) is 5.56 Å². The number of likely N-dealkylation sites (N-methyl/N-ethyl adjacent to an activating group) is 2.